The molecular formula is C16H25N3O. The van der Waals surface area contributed by atoms with Gasteiger partial charge in [0, 0.05) is 32.5 Å². The van der Waals surface area contributed by atoms with Gasteiger partial charge in [0.15, 0.2) is 0 Å². The van der Waals surface area contributed by atoms with Crippen molar-refractivity contribution in [1.82, 2.24) is 15.2 Å². The largest absolute Gasteiger partial charge is 0.348 e. The van der Waals surface area contributed by atoms with Crippen LogP contribution in [0.25, 0.3) is 0 Å². The van der Waals surface area contributed by atoms with Crippen molar-refractivity contribution >= 4 is 5.91 Å². The molecule has 4 nitrogen and oxygen atoms in total. The Hall–Kier alpha value is -1.42. The fourth-order valence-corrected chi connectivity index (χ4v) is 3.10. The molecule has 1 aliphatic heterocycles. The maximum atomic E-state index is 12.5. The molecule has 2 heterocycles. The molecule has 1 saturated heterocycles. The zero-order valence-corrected chi connectivity index (χ0v) is 12.6. The van der Waals surface area contributed by atoms with Crippen LogP contribution in [0.4, 0.5) is 0 Å². The van der Waals surface area contributed by atoms with Gasteiger partial charge in [0.2, 0.25) is 5.91 Å². The summed E-state index contributed by atoms with van der Waals surface area (Å²) in [6.07, 6.45) is 6.82. The van der Waals surface area contributed by atoms with E-state index in [2.05, 4.69) is 16.4 Å². The molecule has 1 atom stereocenters. The lowest BCUT2D eigenvalue weighted by molar-refractivity contribution is -0.141. The number of hydrogen-bond donors (Lipinski definition) is 1. The lowest BCUT2D eigenvalue weighted by atomic mass is 9.75. The Morgan fingerprint density at radius 2 is 2.30 bits per heavy atom. The summed E-state index contributed by atoms with van der Waals surface area (Å²) in [5.74, 6) is 0.269. The highest BCUT2D eigenvalue weighted by atomic mass is 16.2. The molecule has 0 spiro atoms. The third kappa shape index (κ3) is 3.57. The Kier molecular flexibility index (Phi) is 5.12. The maximum Gasteiger partial charge on any atom is 0.229 e. The van der Waals surface area contributed by atoms with E-state index in [4.69, 9.17) is 0 Å². The number of aromatic nitrogens is 1. The zero-order valence-electron chi connectivity index (χ0n) is 12.6. The predicted octanol–water partition coefficient (Wildman–Crippen LogP) is 1.86. The van der Waals surface area contributed by atoms with Crippen molar-refractivity contribution in [3.05, 3.63) is 30.1 Å². The van der Waals surface area contributed by atoms with E-state index in [0.29, 0.717) is 0 Å². The molecule has 110 valence electrons. The van der Waals surface area contributed by atoms with Crippen molar-refractivity contribution in [2.75, 3.05) is 27.2 Å². The lowest BCUT2D eigenvalue weighted by Crippen LogP contribution is -2.50. The first kappa shape index (κ1) is 15.0. The first-order valence-electron chi connectivity index (χ1n) is 7.46. The van der Waals surface area contributed by atoms with Gasteiger partial charge in [-0.15, -0.1) is 0 Å². The molecule has 4 heteroatoms. The van der Waals surface area contributed by atoms with Crippen LogP contribution in [-0.2, 0) is 11.2 Å². The van der Waals surface area contributed by atoms with Crippen LogP contribution in [0.3, 0.4) is 0 Å². The third-order valence-corrected chi connectivity index (χ3v) is 4.15. The molecular weight excluding hydrogens is 250 g/mol. The topological polar surface area (TPSA) is 45.2 Å². The van der Waals surface area contributed by atoms with Gasteiger partial charge < -0.3 is 10.2 Å². The summed E-state index contributed by atoms with van der Waals surface area (Å²) >= 11 is 0. The van der Waals surface area contributed by atoms with Gasteiger partial charge in [-0.05, 0) is 50.8 Å². The Bertz CT molecular complexity index is 425. The average Bonchev–Trinajstić information content (AvgIpc) is 2.48. The predicted molar refractivity (Wildman–Crippen MR) is 80.4 cm³/mol. The van der Waals surface area contributed by atoms with Crippen LogP contribution < -0.4 is 5.32 Å². The van der Waals surface area contributed by atoms with Crippen molar-refractivity contribution in [2.24, 2.45) is 5.41 Å². The second kappa shape index (κ2) is 6.84. The molecule has 1 amide bonds. The first-order chi connectivity index (χ1) is 9.64. The molecule has 0 bridgehead atoms. The Morgan fingerprint density at radius 3 is 2.90 bits per heavy atom. The number of nitrogens with zero attached hydrogens (tertiary/aromatic N) is 2. The molecule has 20 heavy (non-hydrogen) atoms. The number of carbonyl (C=O) groups excluding carboxylic acids is 1. The SMILES string of the molecule is CN(C)C(=O)C1(CCCc2ccccn2)CCCNC1. The van der Waals surface area contributed by atoms with E-state index in [1.807, 2.05) is 32.4 Å². The summed E-state index contributed by atoms with van der Waals surface area (Å²) in [6, 6.07) is 6.01. The number of nitrogens with one attached hydrogen (secondary N) is 1. The summed E-state index contributed by atoms with van der Waals surface area (Å²) in [4.78, 5) is 18.6. The number of rotatable bonds is 5. The van der Waals surface area contributed by atoms with E-state index in [1.165, 1.54) is 0 Å². The average molecular weight is 275 g/mol. The van der Waals surface area contributed by atoms with E-state index in [1.54, 1.807) is 4.90 Å². The number of pyridine rings is 1. The second-order valence-corrected chi connectivity index (χ2v) is 5.93. The van der Waals surface area contributed by atoms with E-state index in [9.17, 15) is 4.79 Å². The quantitative estimate of drug-likeness (QED) is 0.892. The highest BCUT2D eigenvalue weighted by Gasteiger charge is 2.39. The number of amides is 1. The van der Waals surface area contributed by atoms with E-state index in [-0.39, 0.29) is 11.3 Å². The summed E-state index contributed by atoms with van der Waals surface area (Å²) in [5, 5.41) is 3.40. The van der Waals surface area contributed by atoms with Crippen molar-refractivity contribution in [2.45, 2.75) is 32.1 Å². The van der Waals surface area contributed by atoms with E-state index < -0.39 is 0 Å². The smallest absolute Gasteiger partial charge is 0.229 e. The number of piperidine rings is 1. The molecule has 1 N–H and O–H groups in total. The van der Waals surface area contributed by atoms with Crippen molar-refractivity contribution < 1.29 is 4.79 Å². The minimum absolute atomic E-state index is 0.212. The molecule has 0 aliphatic carbocycles. The van der Waals surface area contributed by atoms with Crippen molar-refractivity contribution in [3.8, 4) is 0 Å². The van der Waals surface area contributed by atoms with Gasteiger partial charge in [-0.2, -0.15) is 0 Å². The molecule has 0 radical (unpaired) electrons. The first-order valence-corrected chi connectivity index (χ1v) is 7.46. The number of carbonyl (C=O) groups is 1. The zero-order chi connectivity index (χ0) is 14.4. The molecule has 1 aromatic heterocycles. The van der Waals surface area contributed by atoms with E-state index in [0.717, 1.165) is 50.9 Å². The van der Waals surface area contributed by atoms with Gasteiger partial charge in [-0.3, -0.25) is 9.78 Å². The van der Waals surface area contributed by atoms with Gasteiger partial charge in [0.25, 0.3) is 0 Å². The van der Waals surface area contributed by atoms with Gasteiger partial charge in [0.1, 0.15) is 0 Å². The molecule has 0 saturated carbocycles. The van der Waals surface area contributed by atoms with Crippen LogP contribution in [-0.4, -0.2) is 43.0 Å². The molecule has 1 aromatic rings. The van der Waals surface area contributed by atoms with Gasteiger partial charge in [-0.25, -0.2) is 0 Å². The fourth-order valence-electron chi connectivity index (χ4n) is 3.10. The molecule has 2 rings (SSSR count). The fraction of sp³-hybridized carbons (Fsp3) is 0.625. The van der Waals surface area contributed by atoms with Crippen molar-refractivity contribution in [3.63, 3.8) is 0 Å². The minimum atomic E-state index is -0.212. The van der Waals surface area contributed by atoms with Gasteiger partial charge >= 0.3 is 0 Å². The lowest BCUT2D eigenvalue weighted by Gasteiger charge is -2.38. The monoisotopic (exact) mass is 275 g/mol. The van der Waals surface area contributed by atoms with Crippen molar-refractivity contribution in [1.29, 1.82) is 0 Å². The minimum Gasteiger partial charge on any atom is -0.348 e. The molecule has 1 aliphatic rings. The van der Waals surface area contributed by atoms with Crippen LogP contribution in [0.5, 0.6) is 0 Å². The summed E-state index contributed by atoms with van der Waals surface area (Å²) < 4.78 is 0. The van der Waals surface area contributed by atoms with Crippen LogP contribution in [0.1, 0.15) is 31.4 Å². The summed E-state index contributed by atoms with van der Waals surface area (Å²) in [6.45, 7) is 1.84. The standard InChI is InChI=1S/C16H25N3O/c1-19(2)15(20)16(10-6-11-17-13-16)9-5-8-14-7-3-4-12-18-14/h3-4,7,12,17H,5-6,8-11,13H2,1-2H3. The van der Waals surface area contributed by atoms with Crippen LogP contribution in [0.2, 0.25) is 0 Å². The Labute approximate surface area is 121 Å². The Balaban J connectivity index is 1.96. The Morgan fingerprint density at radius 1 is 1.45 bits per heavy atom. The van der Waals surface area contributed by atoms with Crippen LogP contribution >= 0.6 is 0 Å². The summed E-state index contributed by atoms with van der Waals surface area (Å²) in [7, 11) is 3.72. The second-order valence-electron chi connectivity index (χ2n) is 5.93. The van der Waals surface area contributed by atoms with Crippen LogP contribution in [0, 0.1) is 5.41 Å². The van der Waals surface area contributed by atoms with Gasteiger partial charge in [-0.1, -0.05) is 6.07 Å². The molecule has 1 fully saturated rings. The number of aryl methyl sites for hydroxylation is 1. The highest BCUT2D eigenvalue weighted by Crippen LogP contribution is 2.33. The molecule has 1 unspecified atom stereocenters. The van der Waals surface area contributed by atoms with Crippen LogP contribution in [0.15, 0.2) is 24.4 Å². The molecule has 0 aromatic carbocycles. The van der Waals surface area contributed by atoms with E-state index >= 15 is 0 Å². The highest BCUT2D eigenvalue weighted by molar-refractivity contribution is 5.82. The third-order valence-electron chi connectivity index (χ3n) is 4.15. The normalized spacial score (nSPS) is 22.5. The summed E-state index contributed by atoms with van der Waals surface area (Å²) in [5.41, 5.74) is 0.903. The van der Waals surface area contributed by atoms with Gasteiger partial charge in [0.05, 0.1) is 5.41 Å². The number of hydrogen-bond acceptors (Lipinski definition) is 3. The maximum absolute atomic E-state index is 12.5.